The van der Waals surface area contributed by atoms with Crippen molar-refractivity contribution in [2.75, 3.05) is 5.32 Å². The first-order valence-electron chi connectivity index (χ1n) is 15.5. The summed E-state index contributed by atoms with van der Waals surface area (Å²) in [4.78, 5) is 3.73. The number of aromatic amines is 1. The average Bonchev–Trinajstić information content (AvgIpc) is 3.31. The van der Waals surface area contributed by atoms with Gasteiger partial charge in [-0.05, 0) is 122 Å². The first kappa shape index (κ1) is 27.7. The first-order valence-corrected chi connectivity index (χ1v) is 15.5. The molecule has 2 N–H and O–H groups in total. The topological polar surface area (TPSA) is 27.8 Å². The zero-order valence-electron chi connectivity index (χ0n) is 26.0. The number of H-pyrrole nitrogens is 1. The maximum Gasteiger partial charge on any atom is 0.0471 e. The van der Waals surface area contributed by atoms with Crippen LogP contribution in [-0.4, -0.2) is 4.98 Å². The third kappa shape index (κ3) is 5.29. The Balaban J connectivity index is 1.30. The Morgan fingerprint density at radius 2 is 1.41 bits per heavy atom. The van der Waals surface area contributed by atoms with E-state index in [2.05, 4.69) is 154 Å². The van der Waals surface area contributed by atoms with Crippen LogP contribution >= 0.6 is 0 Å². The normalized spacial score (nSPS) is 22.3. The molecule has 2 nitrogen and oxygen atoms in total. The van der Waals surface area contributed by atoms with Gasteiger partial charge in [-0.15, -0.1) is 0 Å². The van der Waals surface area contributed by atoms with Crippen molar-refractivity contribution < 1.29 is 0 Å². The molecular weight excluding hydrogens is 532 g/mol. The van der Waals surface area contributed by atoms with Gasteiger partial charge in [0.25, 0.3) is 0 Å². The summed E-state index contributed by atoms with van der Waals surface area (Å²) < 4.78 is 0. The van der Waals surface area contributed by atoms with Gasteiger partial charge >= 0.3 is 0 Å². The highest BCUT2D eigenvalue weighted by molar-refractivity contribution is 5.99. The van der Waals surface area contributed by atoms with Crippen LogP contribution in [0.25, 0.3) is 45.3 Å². The van der Waals surface area contributed by atoms with Gasteiger partial charge in [0.15, 0.2) is 0 Å². The van der Waals surface area contributed by atoms with E-state index in [0.29, 0.717) is 0 Å². The molecule has 0 bridgehead atoms. The Labute approximate surface area is 260 Å². The van der Waals surface area contributed by atoms with Gasteiger partial charge in [0, 0.05) is 39.6 Å². The second-order valence-corrected chi connectivity index (χ2v) is 12.4. The second-order valence-electron chi connectivity index (χ2n) is 12.4. The van der Waals surface area contributed by atoms with Crippen molar-refractivity contribution in [1.82, 2.24) is 4.98 Å². The quantitative estimate of drug-likeness (QED) is 0.234. The predicted molar refractivity (Wildman–Crippen MR) is 192 cm³/mol. The van der Waals surface area contributed by atoms with E-state index < -0.39 is 0 Å². The molecule has 0 radical (unpaired) electrons. The number of hydrogen-bond donors (Lipinski definition) is 2. The van der Waals surface area contributed by atoms with Crippen molar-refractivity contribution >= 4 is 39.9 Å². The van der Waals surface area contributed by atoms with Crippen molar-refractivity contribution in [2.24, 2.45) is 0 Å². The molecule has 2 aliphatic carbocycles. The highest BCUT2D eigenvalue weighted by Crippen LogP contribution is 2.42. The molecule has 44 heavy (non-hydrogen) atoms. The van der Waals surface area contributed by atoms with Crippen LogP contribution < -0.4 is 5.32 Å². The number of hydrogen-bond acceptors (Lipinski definition) is 1. The van der Waals surface area contributed by atoms with Gasteiger partial charge in [-0.3, -0.25) is 0 Å². The van der Waals surface area contributed by atoms with E-state index in [1.165, 1.54) is 66.6 Å². The minimum absolute atomic E-state index is 1.01. The number of aromatic nitrogens is 1. The Kier molecular flexibility index (Phi) is 7.06. The monoisotopic (exact) mass is 570 g/mol. The number of aryl methyl sites for hydroxylation is 4. The summed E-state index contributed by atoms with van der Waals surface area (Å²) >= 11 is 0. The van der Waals surface area contributed by atoms with Crippen LogP contribution in [0, 0.1) is 13.8 Å². The Morgan fingerprint density at radius 1 is 0.659 bits per heavy atom. The van der Waals surface area contributed by atoms with E-state index in [-0.39, 0.29) is 0 Å². The SMILES string of the molecule is C=C1/C=C(c2cc(C)cc(C)c2)\C=C/Nc2cc3c(cc21)CCc1cc2c4c([nH]c2cc1-3)\C=C/C=C(C)\C=C(C)/C=C/C=C\4. The molecule has 0 unspecified atom stereocenters. The van der Waals surface area contributed by atoms with Gasteiger partial charge in [-0.25, -0.2) is 0 Å². The molecule has 3 aliphatic rings. The minimum atomic E-state index is 1.01. The maximum atomic E-state index is 4.52. The van der Waals surface area contributed by atoms with Crippen molar-refractivity contribution in [3.63, 3.8) is 0 Å². The van der Waals surface area contributed by atoms with E-state index >= 15 is 0 Å². The summed E-state index contributed by atoms with van der Waals surface area (Å²) in [6, 6.07) is 16.2. The van der Waals surface area contributed by atoms with Crippen LogP contribution in [0.2, 0.25) is 0 Å². The van der Waals surface area contributed by atoms with Crippen molar-refractivity contribution in [3.8, 4) is 11.1 Å². The number of rotatable bonds is 1. The van der Waals surface area contributed by atoms with E-state index in [0.717, 1.165) is 40.9 Å². The molecule has 0 atom stereocenters. The van der Waals surface area contributed by atoms with E-state index in [1.54, 1.807) is 0 Å². The van der Waals surface area contributed by atoms with E-state index in [9.17, 15) is 0 Å². The van der Waals surface area contributed by atoms with Crippen LogP contribution in [0.1, 0.15) is 58.5 Å². The molecule has 216 valence electrons. The molecule has 0 fully saturated rings. The maximum absolute atomic E-state index is 4.52. The van der Waals surface area contributed by atoms with Crippen LogP contribution in [0.4, 0.5) is 5.69 Å². The number of allylic oxidation sites excluding steroid dienone is 12. The molecule has 0 saturated heterocycles. The summed E-state index contributed by atoms with van der Waals surface area (Å²) in [5.74, 6) is 0. The predicted octanol–water partition coefficient (Wildman–Crippen LogP) is 11.1. The molecule has 2 heterocycles. The molecule has 3 aromatic carbocycles. The lowest BCUT2D eigenvalue weighted by atomic mass is 9.82. The van der Waals surface area contributed by atoms with Gasteiger partial charge < -0.3 is 10.3 Å². The highest BCUT2D eigenvalue weighted by Gasteiger charge is 2.22. The van der Waals surface area contributed by atoms with Crippen LogP contribution in [0.5, 0.6) is 0 Å². The molecule has 2 heteroatoms. The summed E-state index contributed by atoms with van der Waals surface area (Å²) in [5, 5.41) is 4.87. The summed E-state index contributed by atoms with van der Waals surface area (Å²) in [5.41, 5.74) is 19.6. The smallest absolute Gasteiger partial charge is 0.0471 e. The second kappa shape index (κ2) is 11.2. The van der Waals surface area contributed by atoms with Crippen LogP contribution in [-0.2, 0) is 12.8 Å². The Morgan fingerprint density at radius 3 is 2.23 bits per heavy atom. The molecule has 0 amide bonds. The van der Waals surface area contributed by atoms with Gasteiger partial charge in [0.1, 0.15) is 0 Å². The molecule has 1 aromatic heterocycles. The fourth-order valence-corrected chi connectivity index (χ4v) is 6.82. The zero-order chi connectivity index (χ0) is 30.4. The Bertz CT molecular complexity index is 2060. The Hall–Kier alpha value is -5.08. The summed E-state index contributed by atoms with van der Waals surface area (Å²) in [6.07, 6.45) is 25.9. The van der Waals surface area contributed by atoms with Gasteiger partial charge in [0.2, 0.25) is 0 Å². The summed E-state index contributed by atoms with van der Waals surface area (Å²) in [7, 11) is 0. The molecular formula is C42H38N2. The molecule has 4 aromatic rings. The number of anilines is 1. The van der Waals surface area contributed by atoms with E-state index in [1.807, 2.05) is 0 Å². The third-order valence-electron chi connectivity index (χ3n) is 8.83. The lowest BCUT2D eigenvalue weighted by Gasteiger charge is -2.24. The average molecular weight is 571 g/mol. The fourth-order valence-electron chi connectivity index (χ4n) is 6.82. The standard InChI is InChI=1S/C42H38N2/c1-26-9-6-7-11-35-39-23-33-14-13-32-22-36-30(5)21-31(34-19-28(3)18-29(4)20-34)15-16-43-41(36)24-37(32)38(33)25-42(39)44-40(35)12-8-10-27(2)17-26/h6-12,15-25,43-44H,5,13-14H2,1-4H3/b7-6?,9-6+,10-8?,11-7-,12-8-,16-15-,26-9?,26-17-,27-10-,27-17?,31-21+,35-11?,40-12?. The van der Waals surface area contributed by atoms with Crippen LogP contribution in [0.3, 0.4) is 0 Å². The zero-order valence-corrected chi connectivity index (χ0v) is 26.0. The molecule has 7 rings (SSSR count). The van der Waals surface area contributed by atoms with Gasteiger partial charge in [-0.1, -0.05) is 89.6 Å². The van der Waals surface area contributed by atoms with Crippen molar-refractivity contribution in [1.29, 1.82) is 0 Å². The third-order valence-corrected chi connectivity index (χ3v) is 8.83. The van der Waals surface area contributed by atoms with Crippen molar-refractivity contribution in [2.45, 2.75) is 40.5 Å². The van der Waals surface area contributed by atoms with Gasteiger partial charge in [0.05, 0.1) is 0 Å². The van der Waals surface area contributed by atoms with Gasteiger partial charge in [-0.2, -0.15) is 0 Å². The number of benzene rings is 3. The highest BCUT2D eigenvalue weighted by atomic mass is 14.8. The molecule has 1 aliphatic heterocycles. The molecule has 0 saturated carbocycles. The minimum Gasteiger partial charge on any atom is -0.361 e. The van der Waals surface area contributed by atoms with E-state index in [4.69, 9.17) is 0 Å². The fraction of sp³-hybridized carbons (Fsp3) is 0.143. The number of fused-ring (bicyclic) bond motifs is 7. The van der Waals surface area contributed by atoms with Crippen molar-refractivity contribution in [3.05, 3.63) is 160 Å². The number of nitrogens with one attached hydrogen (secondary N) is 2. The van der Waals surface area contributed by atoms with Crippen LogP contribution in [0.15, 0.2) is 115 Å². The largest absolute Gasteiger partial charge is 0.361 e. The lowest BCUT2D eigenvalue weighted by Crippen LogP contribution is -2.07. The lowest BCUT2D eigenvalue weighted by molar-refractivity contribution is 0.943. The summed E-state index contributed by atoms with van der Waals surface area (Å²) in [6.45, 7) is 13.1. The first-order chi connectivity index (χ1) is 21.3. The molecule has 0 spiro atoms.